The van der Waals surface area contributed by atoms with Crippen molar-refractivity contribution >= 4 is 19.9 Å². The van der Waals surface area contributed by atoms with Crippen molar-refractivity contribution in [3.8, 4) is 0 Å². The van der Waals surface area contributed by atoms with E-state index in [0.717, 1.165) is 0 Å². The van der Waals surface area contributed by atoms with Crippen LogP contribution in [0.3, 0.4) is 0 Å². The van der Waals surface area contributed by atoms with Gasteiger partial charge in [0.25, 0.3) is 0 Å². The second kappa shape index (κ2) is 5.30. The van der Waals surface area contributed by atoms with Crippen molar-refractivity contribution in [1.82, 2.24) is 4.31 Å². The van der Waals surface area contributed by atoms with Crippen LogP contribution in [0.4, 0.5) is 0 Å². The summed E-state index contributed by atoms with van der Waals surface area (Å²) >= 11 is 0. The van der Waals surface area contributed by atoms with Gasteiger partial charge in [0.1, 0.15) is 4.75 Å². The van der Waals surface area contributed by atoms with Crippen molar-refractivity contribution in [2.75, 3.05) is 32.6 Å². The number of rotatable bonds is 4. The van der Waals surface area contributed by atoms with Crippen LogP contribution in [0.25, 0.3) is 0 Å². The van der Waals surface area contributed by atoms with Gasteiger partial charge in [0.05, 0.1) is 17.3 Å². The highest BCUT2D eigenvalue weighted by molar-refractivity contribution is 7.93. The van der Waals surface area contributed by atoms with E-state index in [9.17, 15) is 16.8 Å². The molecule has 1 aromatic carbocycles. The Bertz CT molecular complexity index is 752. The van der Waals surface area contributed by atoms with Gasteiger partial charge in [-0.15, -0.1) is 0 Å². The molecule has 2 saturated heterocycles. The summed E-state index contributed by atoms with van der Waals surface area (Å²) in [7, 11) is -5.37. The van der Waals surface area contributed by atoms with E-state index in [-0.39, 0.29) is 29.7 Å². The number of hydrogen-bond acceptors (Lipinski definition) is 5. The van der Waals surface area contributed by atoms with Crippen LogP contribution < -0.4 is 0 Å². The molecule has 0 aliphatic carbocycles. The molecule has 0 bridgehead atoms. The Kier molecular flexibility index (Phi) is 3.83. The normalized spacial score (nSPS) is 26.9. The van der Waals surface area contributed by atoms with E-state index in [1.54, 1.807) is 18.2 Å². The van der Waals surface area contributed by atoms with Gasteiger partial charge in [-0.05, 0) is 18.6 Å². The number of ether oxygens (including phenoxy) is 1. The predicted molar refractivity (Wildman–Crippen MR) is 81.7 cm³/mol. The zero-order valence-electron chi connectivity index (χ0n) is 12.3. The van der Waals surface area contributed by atoms with Crippen LogP contribution in [0.2, 0.25) is 0 Å². The van der Waals surface area contributed by atoms with Crippen LogP contribution in [-0.4, -0.2) is 58.4 Å². The maximum absolute atomic E-state index is 12.5. The molecule has 22 heavy (non-hydrogen) atoms. The lowest BCUT2D eigenvalue weighted by atomic mass is 9.85. The summed E-state index contributed by atoms with van der Waals surface area (Å²) in [6, 6.07) is 8.10. The predicted octanol–water partition coefficient (Wildman–Crippen LogP) is 0.511. The monoisotopic (exact) mass is 345 g/mol. The van der Waals surface area contributed by atoms with Crippen molar-refractivity contribution in [2.24, 2.45) is 5.92 Å². The Hall–Kier alpha value is -0.960. The number of sulfone groups is 1. The van der Waals surface area contributed by atoms with Crippen LogP contribution in [0.1, 0.15) is 6.42 Å². The molecule has 8 heteroatoms. The van der Waals surface area contributed by atoms with Crippen molar-refractivity contribution in [2.45, 2.75) is 16.1 Å². The Morgan fingerprint density at radius 1 is 1.27 bits per heavy atom. The second-order valence-electron chi connectivity index (χ2n) is 5.91. The number of hydrogen-bond donors (Lipinski definition) is 0. The highest BCUT2D eigenvalue weighted by atomic mass is 32.2. The quantitative estimate of drug-likeness (QED) is 0.794. The lowest BCUT2D eigenvalue weighted by Gasteiger charge is -2.48. The summed E-state index contributed by atoms with van der Waals surface area (Å²) in [5, 5.41) is 0. The van der Waals surface area contributed by atoms with Gasteiger partial charge < -0.3 is 4.74 Å². The molecule has 1 spiro atoms. The topological polar surface area (TPSA) is 80.8 Å². The number of benzene rings is 1. The molecule has 1 atom stereocenters. The SMILES string of the molecule is COC[C@H]1CCS(=O)(=O)C12CN(S(=O)(=O)c1ccccc1)C2. The van der Waals surface area contributed by atoms with Gasteiger partial charge in [-0.1, -0.05) is 18.2 Å². The van der Waals surface area contributed by atoms with E-state index >= 15 is 0 Å². The van der Waals surface area contributed by atoms with E-state index in [4.69, 9.17) is 4.74 Å². The van der Waals surface area contributed by atoms with Crippen LogP contribution >= 0.6 is 0 Å². The van der Waals surface area contributed by atoms with Gasteiger partial charge in [-0.2, -0.15) is 4.31 Å². The minimum atomic E-state index is -3.63. The molecule has 2 heterocycles. The number of methoxy groups -OCH3 is 1. The third-order valence-corrected chi connectivity index (χ3v) is 9.14. The van der Waals surface area contributed by atoms with E-state index in [1.165, 1.54) is 23.5 Å². The van der Waals surface area contributed by atoms with Gasteiger partial charge in [0.2, 0.25) is 10.0 Å². The van der Waals surface area contributed by atoms with Gasteiger partial charge in [0, 0.05) is 26.1 Å². The lowest BCUT2D eigenvalue weighted by molar-refractivity contribution is 0.0867. The standard InChI is InChI=1S/C14H19NO5S2/c1-20-9-12-7-8-21(16,17)14(12)10-15(11-14)22(18,19)13-5-3-2-4-6-13/h2-6,12H,7-11H2,1H3/t12-/m1/s1. The number of sulfonamides is 1. The Labute approximate surface area is 131 Å². The highest BCUT2D eigenvalue weighted by Gasteiger charge is 2.63. The Balaban J connectivity index is 1.86. The van der Waals surface area contributed by atoms with Crippen LogP contribution in [0.5, 0.6) is 0 Å². The largest absolute Gasteiger partial charge is 0.384 e. The third-order valence-electron chi connectivity index (χ3n) is 4.74. The van der Waals surface area contributed by atoms with Gasteiger partial charge in [-0.25, -0.2) is 16.8 Å². The molecular weight excluding hydrogens is 326 g/mol. The molecule has 0 N–H and O–H groups in total. The van der Waals surface area contributed by atoms with E-state index in [2.05, 4.69) is 0 Å². The molecule has 0 unspecified atom stereocenters. The van der Waals surface area contributed by atoms with E-state index < -0.39 is 24.6 Å². The van der Waals surface area contributed by atoms with E-state index in [0.29, 0.717) is 13.0 Å². The molecule has 1 aromatic rings. The molecule has 2 aliphatic heterocycles. The zero-order valence-corrected chi connectivity index (χ0v) is 13.9. The lowest BCUT2D eigenvalue weighted by Crippen LogP contribution is -2.68. The summed E-state index contributed by atoms with van der Waals surface area (Å²) in [5.74, 6) is -0.0232. The van der Waals surface area contributed by atoms with Crippen LogP contribution in [-0.2, 0) is 24.6 Å². The van der Waals surface area contributed by atoms with Crippen molar-refractivity contribution in [1.29, 1.82) is 0 Å². The van der Waals surface area contributed by atoms with Gasteiger partial charge >= 0.3 is 0 Å². The maximum Gasteiger partial charge on any atom is 0.243 e. The fourth-order valence-corrected chi connectivity index (χ4v) is 7.53. The summed E-state index contributed by atoms with van der Waals surface area (Å²) in [5.41, 5.74) is 0. The summed E-state index contributed by atoms with van der Waals surface area (Å²) in [6.07, 6.45) is 0.537. The first-order valence-electron chi connectivity index (χ1n) is 7.10. The first-order valence-corrected chi connectivity index (χ1v) is 10.2. The first kappa shape index (κ1) is 15.9. The Morgan fingerprint density at radius 3 is 2.50 bits per heavy atom. The maximum atomic E-state index is 12.5. The van der Waals surface area contributed by atoms with Crippen molar-refractivity contribution in [3.63, 3.8) is 0 Å². The summed E-state index contributed by atoms with van der Waals surface area (Å²) in [6.45, 7) is 0.402. The molecule has 0 radical (unpaired) electrons. The molecule has 0 saturated carbocycles. The molecule has 6 nitrogen and oxygen atoms in total. The molecule has 0 aromatic heterocycles. The summed E-state index contributed by atoms with van der Waals surface area (Å²) in [4.78, 5) is 0.198. The zero-order chi connectivity index (χ0) is 16.0. The molecule has 3 rings (SSSR count). The fourth-order valence-electron chi connectivity index (χ4n) is 3.37. The summed E-state index contributed by atoms with van der Waals surface area (Å²) < 4.78 is 55.2. The van der Waals surface area contributed by atoms with Crippen LogP contribution in [0.15, 0.2) is 35.2 Å². The number of nitrogens with zero attached hydrogens (tertiary/aromatic N) is 1. The molecule has 2 fully saturated rings. The smallest absolute Gasteiger partial charge is 0.243 e. The van der Waals surface area contributed by atoms with E-state index in [1.807, 2.05) is 0 Å². The van der Waals surface area contributed by atoms with Crippen molar-refractivity contribution in [3.05, 3.63) is 30.3 Å². The Morgan fingerprint density at radius 2 is 1.91 bits per heavy atom. The molecule has 122 valence electrons. The molecule has 2 aliphatic rings. The van der Waals surface area contributed by atoms with Gasteiger partial charge in [-0.3, -0.25) is 0 Å². The minimum Gasteiger partial charge on any atom is -0.384 e. The van der Waals surface area contributed by atoms with Gasteiger partial charge in [0.15, 0.2) is 9.84 Å². The average molecular weight is 345 g/mol. The minimum absolute atomic E-state index is 0.0284. The molecule has 0 amide bonds. The molecular formula is C14H19NO5S2. The average Bonchev–Trinajstić information content (AvgIpc) is 2.70. The van der Waals surface area contributed by atoms with Crippen LogP contribution in [0, 0.1) is 5.92 Å². The first-order chi connectivity index (χ1) is 10.3. The highest BCUT2D eigenvalue weighted by Crippen LogP contribution is 2.46. The fraction of sp³-hybridized carbons (Fsp3) is 0.571. The third kappa shape index (κ3) is 2.20. The van der Waals surface area contributed by atoms with Crippen molar-refractivity contribution < 1.29 is 21.6 Å². The second-order valence-corrected chi connectivity index (χ2v) is 10.3.